The Bertz CT molecular complexity index is 1260. The van der Waals surface area contributed by atoms with Crippen molar-refractivity contribution in [1.82, 2.24) is 9.97 Å². The van der Waals surface area contributed by atoms with Gasteiger partial charge in [-0.25, -0.2) is 0 Å². The summed E-state index contributed by atoms with van der Waals surface area (Å²) in [7, 11) is 0. The van der Waals surface area contributed by atoms with Gasteiger partial charge in [0.2, 0.25) is 0 Å². The minimum atomic E-state index is 0. The van der Waals surface area contributed by atoms with Gasteiger partial charge in [0.1, 0.15) is 5.69 Å². The minimum absolute atomic E-state index is 0. The Morgan fingerprint density at radius 1 is 0.636 bits per heavy atom. The second-order valence-corrected chi connectivity index (χ2v) is 6.86. The van der Waals surface area contributed by atoms with Crippen LogP contribution >= 0.6 is 0 Å². The molecule has 0 aliphatic carbocycles. The van der Waals surface area contributed by atoms with Crippen molar-refractivity contribution in [3.8, 4) is 33.6 Å². The van der Waals surface area contributed by atoms with Crippen molar-refractivity contribution < 1.29 is 20.1 Å². The molecule has 4 heteroatoms. The molecule has 5 rings (SSSR count). The molecule has 2 aromatic heterocycles. The maximum absolute atomic E-state index is 7.04. The molecule has 161 valence electrons. The van der Waals surface area contributed by atoms with Gasteiger partial charge in [0.15, 0.2) is 0 Å². The molecule has 33 heavy (non-hydrogen) atoms. The van der Waals surface area contributed by atoms with Crippen LogP contribution in [0, 0.1) is 18.7 Å². The van der Waals surface area contributed by atoms with Gasteiger partial charge in [-0.1, -0.05) is 54.6 Å². The maximum atomic E-state index is 7.04. The molecule has 0 fully saturated rings. The maximum Gasteiger partial charge on any atom is 0.108 e. The first-order chi connectivity index (χ1) is 15.8. The van der Waals surface area contributed by atoms with E-state index >= 15 is 0 Å². The van der Waals surface area contributed by atoms with E-state index in [1.54, 1.807) is 24.4 Å². The second-order valence-electron chi connectivity index (χ2n) is 6.86. The summed E-state index contributed by atoms with van der Waals surface area (Å²) >= 11 is 0. The van der Waals surface area contributed by atoms with Gasteiger partial charge in [0.25, 0.3) is 0 Å². The molecule has 0 atom stereocenters. The molecule has 0 saturated carbocycles. The van der Waals surface area contributed by atoms with E-state index in [0.717, 1.165) is 33.6 Å². The van der Waals surface area contributed by atoms with E-state index in [1.807, 2.05) is 79.0 Å². The summed E-state index contributed by atoms with van der Waals surface area (Å²) in [5, 5.41) is 0. The molecule has 0 unspecified atom stereocenters. The average molecular weight is 602 g/mol. The van der Waals surface area contributed by atoms with Crippen LogP contribution < -0.4 is 0 Å². The van der Waals surface area contributed by atoms with Crippen LogP contribution in [0.5, 0.6) is 0 Å². The monoisotopic (exact) mass is 602 g/mol. The Labute approximate surface area is 208 Å². The number of hydrogen-bond donors (Lipinski definition) is 0. The zero-order valence-electron chi connectivity index (χ0n) is 17.6. The summed E-state index contributed by atoms with van der Waals surface area (Å²) in [6, 6.07) is 39.4. The third-order valence-corrected chi connectivity index (χ3v) is 4.71. The van der Waals surface area contributed by atoms with Crippen LogP contribution in [0.3, 0.4) is 0 Å². The predicted octanol–water partition coefficient (Wildman–Crippen LogP) is 7.31. The first kappa shape index (κ1) is 23.8. The first-order valence-corrected chi connectivity index (χ1v) is 10.1. The van der Waals surface area contributed by atoms with Crippen molar-refractivity contribution in [2.24, 2.45) is 0 Å². The van der Waals surface area contributed by atoms with E-state index in [2.05, 4.69) is 39.1 Å². The van der Waals surface area contributed by atoms with Gasteiger partial charge in [-0.3, -0.25) is 4.85 Å². The first-order valence-electron chi connectivity index (χ1n) is 10.1. The summed E-state index contributed by atoms with van der Waals surface area (Å²) in [6.45, 7) is 7.04. The minimum Gasteiger partial charge on any atom is -0.305 e. The second kappa shape index (κ2) is 12.2. The Morgan fingerprint density at radius 2 is 1.39 bits per heavy atom. The third-order valence-electron chi connectivity index (χ3n) is 4.71. The van der Waals surface area contributed by atoms with E-state index in [9.17, 15) is 0 Å². The smallest absolute Gasteiger partial charge is 0.108 e. The summed E-state index contributed by atoms with van der Waals surface area (Å²) in [6.07, 6.45) is 3.64. The van der Waals surface area contributed by atoms with Crippen LogP contribution in [0.4, 0.5) is 5.69 Å². The molecule has 2 heterocycles. The van der Waals surface area contributed by atoms with Gasteiger partial charge in [-0.15, -0.1) is 59.7 Å². The average Bonchev–Trinajstić information content (AvgIpc) is 2.91. The standard InChI is InChI=1S/C18H11N2.C11H8N.Ir/c1-19-17-9-5-8-15(12-17)18-11-10-16(13-20-18)14-6-3-2-4-7-14;1-2-6-10(7-3-1)11-8-4-5-9-12-11;/h2-7,9-13H;1-6,8-9H;/q2*-1;. The molecule has 5 aromatic rings. The van der Waals surface area contributed by atoms with Gasteiger partial charge >= 0.3 is 0 Å². The van der Waals surface area contributed by atoms with Crippen LogP contribution in [0.15, 0.2) is 116 Å². The van der Waals surface area contributed by atoms with Gasteiger partial charge in [0, 0.05) is 32.5 Å². The number of nitrogens with zero attached hydrogens (tertiary/aromatic N) is 3. The fraction of sp³-hybridized carbons (Fsp3) is 0. The summed E-state index contributed by atoms with van der Waals surface area (Å²) in [5.41, 5.74) is 6.51. The van der Waals surface area contributed by atoms with E-state index in [0.29, 0.717) is 5.69 Å². The topological polar surface area (TPSA) is 30.1 Å². The van der Waals surface area contributed by atoms with Gasteiger partial charge in [-0.2, -0.15) is 6.07 Å². The van der Waals surface area contributed by atoms with Crippen LogP contribution in [-0.4, -0.2) is 9.97 Å². The Morgan fingerprint density at radius 3 is 2.06 bits per heavy atom. The van der Waals surface area contributed by atoms with E-state index in [1.165, 1.54) is 0 Å². The van der Waals surface area contributed by atoms with Crippen molar-refractivity contribution in [1.29, 1.82) is 0 Å². The molecule has 0 spiro atoms. The molecule has 0 saturated heterocycles. The molecular formula is C29H19IrN3-2. The molecule has 1 radical (unpaired) electrons. The van der Waals surface area contributed by atoms with Crippen LogP contribution in [-0.2, 0) is 20.1 Å². The van der Waals surface area contributed by atoms with Crippen molar-refractivity contribution >= 4 is 5.69 Å². The van der Waals surface area contributed by atoms with Crippen molar-refractivity contribution in [3.63, 3.8) is 0 Å². The van der Waals surface area contributed by atoms with E-state index in [4.69, 9.17) is 6.57 Å². The normalized spacial score (nSPS) is 9.55. The summed E-state index contributed by atoms with van der Waals surface area (Å²) < 4.78 is 0. The number of pyridine rings is 2. The molecule has 0 aliphatic rings. The zero-order valence-corrected chi connectivity index (χ0v) is 20.0. The largest absolute Gasteiger partial charge is 0.305 e. The number of aromatic nitrogens is 2. The Kier molecular flexibility index (Phi) is 8.79. The molecule has 0 amide bonds. The quantitative estimate of drug-likeness (QED) is 0.203. The summed E-state index contributed by atoms with van der Waals surface area (Å²) in [5.74, 6) is 0. The van der Waals surface area contributed by atoms with Crippen LogP contribution in [0.2, 0.25) is 0 Å². The third kappa shape index (κ3) is 6.54. The molecular weight excluding hydrogens is 583 g/mol. The van der Waals surface area contributed by atoms with Crippen LogP contribution in [0.25, 0.3) is 38.5 Å². The van der Waals surface area contributed by atoms with Gasteiger partial charge in [-0.05, 0) is 28.6 Å². The van der Waals surface area contributed by atoms with Crippen LogP contribution in [0.1, 0.15) is 0 Å². The molecule has 0 bridgehead atoms. The van der Waals surface area contributed by atoms with E-state index < -0.39 is 0 Å². The van der Waals surface area contributed by atoms with Crippen molar-refractivity contribution in [3.05, 3.63) is 139 Å². The van der Waals surface area contributed by atoms with Crippen molar-refractivity contribution in [2.75, 3.05) is 0 Å². The molecule has 3 aromatic carbocycles. The molecule has 3 nitrogen and oxygen atoms in total. The molecule has 0 aliphatic heterocycles. The fourth-order valence-electron chi connectivity index (χ4n) is 3.10. The van der Waals surface area contributed by atoms with Crippen molar-refractivity contribution in [2.45, 2.75) is 0 Å². The predicted molar refractivity (Wildman–Crippen MR) is 129 cm³/mol. The van der Waals surface area contributed by atoms with Gasteiger partial charge in [0.05, 0.1) is 6.57 Å². The van der Waals surface area contributed by atoms with E-state index in [-0.39, 0.29) is 20.1 Å². The van der Waals surface area contributed by atoms with Gasteiger partial charge < -0.3 is 9.97 Å². The number of rotatable bonds is 3. The number of hydrogen-bond acceptors (Lipinski definition) is 2. The zero-order chi connectivity index (χ0) is 22.0. The number of benzene rings is 3. The fourth-order valence-corrected chi connectivity index (χ4v) is 3.10. The SMILES string of the molecule is [C-]#[N+]c1cc[c-]c(-c2ccc(-c3ccccc3)cn2)c1.[Ir].[c-]1ccccc1-c1ccccn1. The Hall–Kier alpha value is -3.90. The molecule has 0 N–H and O–H groups in total. The Balaban J connectivity index is 0.000000202. The summed E-state index contributed by atoms with van der Waals surface area (Å²) in [4.78, 5) is 12.1.